The Kier molecular flexibility index (Phi) is 3.65. The number of aromatic nitrogens is 3. The summed E-state index contributed by atoms with van der Waals surface area (Å²) in [5.41, 5.74) is 0.669. The summed E-state index contributed by atoms with van der Waals surface area (Å²) in [6.45, 7) is 12.3. The fourth-order valence-corrected chi connectivity index (χ4v) is 3.28. The van der Waals surface area contributed by atoms with E-state index in [1.165, 1.54) is 0 Å². The molecule has 0 amide bonds. The average molecular weight is 243 g/mol. The third-order valence-electron chi connectivity index (χ3n) is 1.99. The Labute approximate surface area is 98.1 Å². The van der Waals surface area contributed by atoms with E-state index < -0.39 is 7.11 Å². The highest BCUT2D eigenvalue weighted by molar-refractivity contribution is 7.75. The van der Waals surface area contributed by atoms with E-state index in [0.29, 0.717) is 6.04 Å². The van der Waals surface area contributed by atoms with Crippen molar-refractivity contribution < 1.29 is 4.52 Å². The lowest BCUT2D eigenvalue weighted by Crippen LogP contribution is -2.21. The Hall–Kier alpha value is -0.600. The van der Waals surface area contributed by atoms with Crippen LogP contribution in [-0.4, -0.2) is 33.6 Å². The van der Waals surface area contributed by atoms with Crippen LogP contribution < -0.4 is 5.44 Å². The first-order chi connectivity index (χ1) is 7.12. The number of nitrogens with zero attached hydrogens (tertiary/aromatic N) is 3. The monoisotopic (exact) mass is 243 g/mol. The van der Waals surface area contributed by atoms with Crippen LogP contribution in [0.3, 0.4) is 0 Å². The summed E-state index contributed by atoms with van der Waals surface area (Å²) in [6, 6.07) is 0.316. The van der Waals surface area contributed by atoms with Crippen molar-refractivity contribution in [1.29, 1.82) is 0 Å². The molecule has 1 atom stereocenters. The summed E-state index contributed by atoms with van der Waals surface area (Å²) < 4.78 is 7.83. The molecule has 92 valence electrons. The molecule has 0 saturated heterocycles. The van der Waals surface area contributed by atoms with Crippen LogP contribution in [0.2, 0.25) is 0 Å². The molecule has 0 aliphatic rings. The zero-order chi connectivity index (χ0) is 12.6. The van der Waals surface area contributed by atoms with Gasteiger partial charge in [-0.25, -0.2) is 4.68 Å². The molecule has 4 nitrogen and oxygen atoms in total. The van der Waals surface area contributed by atoms with Crippen molar-refractivity contribution in [3.8, 4) is 0 Å². The van der Waals surface area contributed by atoms with Crippen LogP contribution in [0.5, 0.6) is 0 Å². The van der Waals surface area contributed by atoms with E-state index in [1.54, 1.807) is 0 Å². The van der Waals surface area contributed by atoms with Crippen molar-refractivity contribution in [1.82, 2.24) is 15.0 Å². The van der Waals surface area contributed by atoms with Crippen LogP contribution >= 0.6 is 7.11 Å². The zero-order valence-corrected chi connectivity index (χ0v) is 12.0. The molecule has 0 radical (unpaired) electrons. The van der Waals surface area contributed by atoms with Crippen molar-refractivity contribution in [3.63, 3.8) is 0 Å². The van der Waals surface area contributed by atoms with Gasteiger partial charge in [-0.1, -0.05) is 11.5 Å². The fourth-order valence-electron chi connectivity index (χ4n) is 1.39. The van der Waals surface area contributed by atoms with E-state index in [1.807, 2.05) is 38.3 Å². The minimum absolute atomic E-state index is 0.202. The van der Waals surface area contributed by atoms with Crippen molar-refractivity contribution in [2.45, 2.75) is 46.3 Å². The van der Waals surface area contributed by atoms with Crippen LogP contribution in [0.15, 0.2) is 6.20 Å². The number of hydrogen-bond donors (Lipinski definition) is 0. The van der Waals surface area contributed by atoms with Crippen molar-refractivity contribution in [2.24, 2.45) is 0 Å². The third-order valence-corrected chi connectivity index (χ3v) is 4.11. The first-order valence-electron chi connectivity index (χ1n) is 5.46. The minimum Gasteiger partial charge on any atom is -0.351 e. The topological polar surface area (TPSA) is 39.9 Å². The molecule has 1 aromatic rings. The zero-order valence-electron chi connectivity index (χ0n) is 11.1. The summed E-state index contributed by atoms with van der Waals surface area (Å²) in [5, 5.41) is 8.25. The van der Waals surface area contributed by atoms with Gasteiger partial charge in [0, 0.05) is 13.2 Å². The first-order valence-corrected chi connectivity index (χ1v) is 7.80. The lowest BCUT2D eigenvalue weighted by atomic mass is 10.2. The number of hydrogen-bond acceptors (Lipinski definition) is 3. The van der Waals surface area contributed by atoms with Crippen molar-refractivity contribution in [3.05, 3.63) is 6.20 Å². The molecule has 16 heavy (non-hydrogen) atoms. The molecule has 0 spiro atoms. The molecule has 1 heterocycles. The van der Waals surface area contributed by atoms with Crippen LogP contribution in [0.1, 0.15) is 40.7 Å². The maximum absolute atomic E-state index is 5.99. The standard InChI is InChI=1S/C11H22N3OP/c1-9(2)14-8-10(12-13-14)16(6,7)15-11(3,4)5/h8-9H,6H2,1-5,7H3. The minimum atomic E-state index is -1.88. The largest absolute Gasteiger partial charge is 0.351 e. The molecule has 5 heteroatoms. The van der Waals surface area contributed by atoms with Crippen LogP contribution in [0.25, 0.3) is 0 Å². The molecular formula is C11H22N3OP. The van der Waals surface area contributed by atoms with E-state index in [-0.39, 0.29) is 5.60 Å². The highest BCUT2D eigenvalue weighted by Crippen LogP contribution is 2.44. The Morgan fingerprint density at radius 2 is 2.00 bits per heavy atom. The molecule has 0 aromatic carbocycles. The summed E-state index contributed by atoms with van der Waals surface area (Å²) in [5.74, 6) is 0. The van der Waals surface area contributed by atoms with Crippen LogP contribution in [-0.2, 0) is 4.52 Å². The van der Waals surface area contributed by atoms with Crippen LogP contribution in [0, 0.1) is 0 Å². The second-order valence-corrected chi connectivity index (χ2v) is 8.30. The predicted molar refractivity (Wildman–Crippen MR) is 70.8 cm³/mol. The molecule has 1 rings (SSSR count). The Bertz CT molecular complexity index is 404. The van der Waals surface area contributed by atoms with Gasteiger partial charge in [0.2, 0.25) is 0 Å². The third kappa shape index (κ3) is 3.46. The summed E-state index contributed by atoms with van der Waals surface area (Å²) >= 11 is 0. The molecule has 0 aliphatic carbocycles. The highest BCUT2D eigenvalue weighted by atomic mass is 31.2. The molecule has 1 aromatic heterocycles. The number of rotatable bonds is 3. The quantitative estimate of drug-likeness (QED) is 0.765. The van der Waals surface area contributed by atoms with Gasteiger partial charge in [0.1, 0.15) is 5.44 Å². The van der Waals surface area contributed by atoms with Gasteiger partial charge < -0.3 is 4.52 Å². The predicted octanol–water partition coefficient (Wildman–Crippen LogP) is 2.29. The normalized spacial score (nSPS) is 16.4. The maximum Gasteiger partial charge on any atom is 0.129 e. The van der Waals surface area contributed by atoms with Crippen molar-refractivity contribution >= 4 is 18.8 Å². The van der Waals surface area contributed by atoms with Gasteiger partial charge in [-0.05, 0) is 41.3 Å². The molecule has 0 fully saturated rings. The summed E-state index contributed by atoms with van der Waals surface area (Å²) in [7, 11) is -1.88. The molecule has 0 aliphatic heterocycles. The highest BCUT2D eigenvalue weighted by Gasteiger charge is 2.23. The van der Waals surface area contributed by atoms with E-state index in [0.717, 1.165) is 5.44 Å². The van der Waals surface area contributed by atoms with Gasteiger partial charge in [0.25, 0.3) is 0 Å². The maximum atomic E-state index is 5.99. The summed E-state index contributed by atoms with van der Waals surface area (Å²) in [4.78, 5) is 0. The van der Waals surface area contributed by atoms with E-state index >= 15 is 0 Å². The van der Waals surface area contributed by atoms with Gasteiger partial charge in [0.15, 0.2) is 0 Å². The molecule has 0 bridgehead atoms. The van der Waals surface area contributed by atoms with Gasteiger partial charge in [0.05, 0.1) is 11.8 Å². The molecule has 0 N–H and O–H groups in total. The second kappa shape index (κ2) is 4.34. The Balaban J connectivity index is 2.94. The summed E-state index contributed by atoms with van der Waals surface area (Å²) in [6.07, 6.45) is 6.11. The molecule has 1 unspecified atom stereocenters. The average Bonchev–Trinajstić information content (AvgIpc) is 2.46. The lowest BCUT2D eigenvalue weighted by molar-refractivity contribution is 0.153. The first kappa shape index (κ1) is 13.5. The van der Waals surface area contributed by atoms with Gasteiger partial charge in [-0.3, -0.25) is 0 Å². The Morgan fingerprint density at radius 1 is 1.44 bits per heavy atom. The van der Waals surface area contributed by atoms with Crippen LogP contribution in [0.4, 0.5) is 0 Å². The van der Waals surface area contributed by atoms with E-state index in [4.69, 9.17) is 4.52 Å². The van der Waals surface area contributed by atoms with E-state index in [2.05, 4.69) is 30.5 Å². The SMILES string of the molecule is C=P(C)(OC(C)(C)C)c1cn(C(C)C)nn1. The van der Waals surface area contributed by atoms with Crippen molar-refractivity contribution in [2.75, 3.05) is 6.66 Å². The molecule has 0 saturated carbocycles. The van der Waals surface area contributed by atoms with Gasteiger partial charge >= 0.3 is 0 Å². The second-order valence-electron chi connectivity index (χ2n) is 5.46. The lowest BCUT2D eigenvalue weighted by Gasteiger charge is -2.28. The van der Waals surface area contributed by atoms with E-state index in [9.17, 15) is 0 Å². The van der Waals surface area contributed by atoms with Gasteiger partial charge in [-0.15, -0.1) is 5.10 Å². The fraction of sp³-hybridized carbons (Fsp3) is 0.727. The smallest absolute Gasteiger partial charge is 0.129 e. The molecular weight excluding hydrogens is 221 g/mol. The van der Waals surface area contributed by atoms with Gasteiger partial charge in [-0.2, -0.15) is 0 Å². The Morgan fingerprint density at radius 3 is 2.38 bits per heavy atom.